The summed E-state index contributed by atoms with van der Waals surface area (Å²) >= 11 is 1.48. The van der Waals surface area contributed by atoms with Gasteiger partial charge in [-0.1, -0.05) is 0 Å². The van der Waals surface area contributed by atoms with Gasteiger partial charge in [0.2, 0.25) is 0 Å². The van der Waals surface area contributed by atoms with Crippen LogP contribution in [0.3, 0.4) is 0 Å². The molecule has 1 aliphatic carbocycles. The predicted octanol–water partition coefficient (Wildman–Crippen LogP) is 3.21. The molecule has 2 aromatic rings. The molecule has 26 heavy (non-hydrogen) atoms. The molecule has 138 valence electrons. The van der Waals surface area contributed by atoms with Crippen molar-refractivity contribution in [2.75, 3.05) is 20.2 Å². The number of amides is 1. The first-order valence-corrected chi connectivity index (χ1v) is 9.96. The van der Waals surface area contributed by atoms with Crippen molar-refractivity contribution in [2.24, 2.45) is 5.92 Å². The van der Waals surface area contributed by atoms with Crippen LogP contribution in [0, 0.1) is 19.8 Å². The number of carbonyl (C=O) groups is 2. The highest BCUT2D eigenvalue weighted by molar-refractivity contribution is 7.20. The van der Waals surface area contributed by atoms with Gasteiger partial charge in [-0.2, -0.15) is 0 Å². The SMILES string of the molecule is COC(=O)C1CCN(C(=O)c2sc3nc(C4CC4)nc(C)c3c2C)CC1. The Morgan fingerprint density at radius 3 is 2.42 bits per heavy atom. The van der Waals surface area contributed by atoms with Crippen LogP contribution in [0.1, 0.15) is 58.4 Å². The first-order valence-electron chi connectivity index (χ1n) is 9.14. The lowest BCUT2D eigenvalue weighted by atomic mass is 9.97. The van der Waals surface area contributed by atoms with E-state index in [1.165, 1.54) is 18.4 Å². The van der Waals surface area contributed by atoms with Crippen LogP contribution in [0.2, 0.25) is 0 Å². The van der Waals surface area contributed by atoms with E-state index in [1.807, 2.05) is 18.7 Å². The van der Waals surface area contributed by atoms with Crippen LogP contribution in [-0.2, 0) is 9.53 Å². The second-order valence-electron chi connectivity index (χ2n) is 7.27. The van der Waals surface area contributed by atoms with Crippen LogP contribution < -0.4 is 0 Å². The fourth-order valence-electron chi connectivity index (χ4n) is 3.72. The number of aromatic nitrogens is 2. The number of hydrogen-bond acceptors (Lipinski definition) is 6. The number of likely N-dealkylation sites (tertiary alicyclic amines) is 1. The number of hydrogen-bond donors (Lipinski definition) is 0. The molecule has 2 aliphatic rings. The molecule has 0 unspecified atom stereocenters. The molecule has 6 nitrogen and oxygen atoms in total. The van der Waals surface area contributed by atoms with Gasteiger partial charge in [-0.25, -0.2) is 9.97 Å². The summed E-state index contributed by atoms with van der Waals surface area (Å²) in [6.07, 6.45) is 3.65. The largest absolute Gasteiger partial charge is 0.469 e. The van der Waals surface area contributed by atoms with Crippen LogP contribution in [0.25, 0.3) is 10.2 Å². The molecule has 1 amide bonds. The summed E-state index contributed by atoms with van der Waals surface area (Å²) in [4.78, 5) is 37.6. The van der Waals surface area contributed by atoms with Gasteiger partial charge in [0, 0.05) is 24.4 Å². The van der Waals surface area contributed by atoms with Crippen LogP contribution in [0.5, 0.6) is 0 Å². The van der Waals surface area contributed by atoms with E-state index in [2.05, 4.69) is 4.98 Å². The van der Waals surface area contributed by atoms with Gasteiger partial charge in [-0.3, -0.25) is 9.59 Å². The molecule has 0 atom stereocenters. The zero-order valence-corrected chi connectivity index (χ0v) is 16.2. The van der Waals surface area contributed by atoms with E-state index in [-0.39, 0.29) is 17.8 Å². The molecule has 1 saturated carbocycles. The number of fused-ring (bicyclic) bond motifs is 1. The summed E-state index contributed by atoms with van der Waals surface area (Å²) in [6, 6.07) is 0. The summed E-state index contributed by atoms with van der Waals surface area (Å²) in [5.41, 5.74) is 1.94. The Balaban J connectivity index is 1.58. The van der Waals surface area contributed by atoms with Gasteiger partial charge in [0.25, 0.3) is 5.91 Å². The minimum atomic E-state index is -0.173. The first kappa shape index (κ1) is 17.4. The number of carbonyl (C=O) groups excluding carboxylic acids is 2. The summed E-state index contributed by atoms with van der Waals surface area (Å²) in [7, 11) is 1.42. The quantitative estimate of drug-likeness (QED) is 0.773. The number of rotatable bonds is 3. The summed E-state index contributed by atoms with van der Waals surface area (Å²) in [5, 5.41) is 1.02. The highest BCUT2D eigenvalue weighted by Gasteiger charge is 2.31. The molecule has 0 N–H and O–H groups in total. The number of ether oxygens (including phenoxy) is 1. The molecule has 7 heteroatoms. The van der Waals surface area contributed by atoms with E-state index in [1.54, 1.807) is 0 Å². The van der Waals surface area contributed by atoms with Gasteiger partial charge >= 0.3 is 5.97 Å². The fourth-order valence-corrected chi connectivity index (χ4v) is 4.92. The lowest BCUT2D eigenvalue weighted by molar-refractivity contribution is -0.146. The number of piperidine rings is 1. The van der Waals surface area contributed by atoms with Crippen molar-refractivity contribution in [1.82, 2.24) is 14.9 Å². The van der Waals surface area contributed by atoms with Crippen LogP contribution in [0.15, 0.2) is 0 Å². The minimum absolute atomic E-state index is 0.0428. The minimum Gasteiger partial charge on any atom is -0.469 e. The fraction of sp³-hybridized carbons (Fsp3) is 0.579. The summed E-state index contributed by atoms with van der Waals surface area (Å²) in [5.74, 6) is 1.20. The van der Waals surface area contributed by atoms with Crippen molar-refractivity contribution in [3.8, 4) is 0 Å². The van der Waals surface area contributed by atoms with E-state index in [4.69, 9.17) is 9.72 Å². The van der Waals surface area contributed by atoms with Crippen molar-refractivity contribution in [3.05, 3.63) is 22.0 Å². The third-order valence-corrected chi connectivity index (χ3v) is 6.62. The summed E-state index contributed by atoms with van der Waals surface area (Å²) < 4.78 is 4.82. The van der Waals surface area contributed by atoms with E-state index in [0.717, 1.165) is 45.0 Å². The number of esters is 1. The maximum Gasteiger partial charge on any atom is 0.308 e. The van der Waals surface area contributed by atoms with Crippen LogP contribution in [0.4, 0.5) is 0 Å². The number of methoxy groups -OCH3 is 1. The van der Waals surface area contributed by atoms with E-state index < -0.39 is 0 Å². The third-order valence-electron chi connectivity index (χ3n) is 5.44. The van der Waals surface area contributed by atoms with E-state index in [9.17, 15) is 9.59 Å². The average molecular weight is 373 g/mol. The van der Waals surface area contributed by atoms with Gasteiger partial charge in [-0.15, -0.1) is 11.3 Å². The van der Waals surface area contributed by atoms with Gasteiger partial charge in [-0.05, 0) is 45.1 Å². The van der Waals surface area contributed by atoms with E-state index >= 15 is 0 Å². The Bertz CT molecular complexity index is 880. The van der Waals surface area contributed by atoms with E-state index in [0.29, 0.717) is 31.8 Å². The third kappa shape index (κ3) is 2.98. The van der Waals surface area contributed by atoms with Gasteiger partial charge < -0.3 is 9.64 Å². The molecular weight excluding hydrogens is 350 g/mol. The Morgan fingerprint density at radius 2 is 1.81 bits per heavy atom. The number of nitrogens with zero attached hydrogens (tertiary/aromatic N) is 3. The average Bonchev–Trinajstić information content (AvgIpc) is 3.44. The maximum atomic E-state index is 13.1. The van der Waals surface area contributed by atoms with Gasteiger partial charge in [0.1, 0.15) is 10.7 Å². The smallest absolute Gasteiger partial charge is 0.308 e. The predicted molar refractivity (Wildman–Crippen MR) is 99.5 cm³/mol. The lowest BCUT2D eigenvalue weighted by Crippen LogP contribution is -2.40. The Labute approximate surface area is 156 Å². The molecule has 1 saturated heterocycles. The molecular formula is C19H23N3O3S. The molecule has 2 fully saturated rings. The van der Waals surface area contributed by atoms with Gasteiger partial charge in [0.15, 0.2) is 0 Å². The Hall–Kier alpha value is -2.02. The summed E-state index contributed by atoms with van der Waals surface area (Å²) in [6.45, 7) is 5.17. The molecule has 0 bridgehead atoms. The molecule has 2 aromatic heterocycles. The van der Waals surface area contributed by atoms with Crippen molar-refractivity contribution in [1.29, 1.82) is 0 Å². The number of thiophene rings is 1. The van der Waals surface area contributed by atoms with Crippen LogP contribution in [-0.4, -0.2) is 46.9 Å². The van der Waals surface area contributed by atoms with Crippen molar-refractivity contribution in [2.45, 2.75) is 45.4 Å². The van der Waals surface area contributed by atoms with Crippen molar-refractivity contribution in [3.63, 3.8) is 0 Å². The normalized spacial score (nSPS) is 18.3. The molecule has 0 radical (unpaired) electrons. The lowest BCUT2D eigenvalue weighted by Gasteiger charge is -2.30. The highest BCUT2D eigenvalue weighted by atomic mass is 32.1. The molecule has 0 aromatic carbocycles. The molecule has 1 aliphatic heterocycles. The Kier molecular flexibility index (Phi) is 4.42. The van der Waals surface area contributed by atoms with Crippen LogP contribution >= 0.6 is 11.3 Å². The standard InChI is InChI=1S/C19H23N3O3S/c1-10-14-11(2)20-16(12-4-5-12)21-17(14)26-15(10)18(23)22-8-6-13(7-9-22)19(24)25-3/h12-13H,4-9H2,1-3H3. The number of aryl methyl sites for hydroxylation is 2. The van der Waals surface area contributed by atoms with Gasteiger partial charge in [0.05, 0.1) is 23.6 Å². The monoisotopic (exact) mass is 373 g/mol. The Morgan fingerprint density at radius 1 is 1.12 bits per heavy atom. The molecule has 3 heterocycles. The molecule has 4 rings (SSSR count). The topological polar surface area (TPSA) is 72.4 Å². The molecule has 0 spiro atoms. The van der Waals surface area contributed by atoms with Crippen molar-refractivity contribution >= 4 is 33.4 Å². The second-order valence-corrected chi connectivity index (χ2v) is 8.27. The zero-order valence-electron chi connectivity index (χ0n) is 15.4. The highest BCUT2D eigenvalue weighted by Crippen LogP contribution is 2.40. The zero-order chi connectivity index (χ0) is 18.4. The first-order chi connectivity index (χ1) is 12.5. The maximum absolute atomic E-state index is 13.1. The second kappa shape index (κ2) is 6.61. The van der Waals surface area contributed by atoms with Crippen molar-refractivity contribution < 1.29 is 14.3 Å².